The molecule has 5 heteroatoms. The first-order chi connectivity index (χ1) is 19.6. The molecule has 228 valence electrons. The Bertz CT molecular complexity index is 732. The summed E-state index contributed by atoms with van der Waals surface area (Å²) in [4.78, 5) is 24.0. The topological polar surface area (TPSA) is 72.8 Å². The summed E-state index contributed by atoms with van der Waals surface area (Å²) >= 11 is 0. The van der Waals surface area contributed by atoms with E-state index < -0.39 is 6.10 Å². The number of carbonyl (C=O) groups excluding carboxylic acids is 2. The first kappa shape index (κ1) is 37.6. The molecule has 0 radical (unpaired) electrons. The van der Waals surface area contributed by atoms with E-state index in [-0.39, 0.29) is 31.6 Å². The molecule has 1 N–H and O–H groups in total. The number of hydrogen-bond acceptors (Lipinski definition) is 5. The molecule has 0 unspecified atom stereocenters. The molecule has 0 rings (SSSR count). The van der Waals surface area contributed by atoms with E-state index in [1.165, 1.54) is 38.5 Å². The highest BCUT2D eigenvalue weighted by atomic mass is 16.6. The van der Waals surface area contributed by atoms with Crippen molar-refractivity contribution in [2.24, 2.45) is 0 Å². The summed E-state index contributed by atoms with van der Waals surface area (Å²) in [7, 11) is 0. The van der Waals surface area contributed by atoms with Crippen molar-refractivity contribution in [2.75, 3.05) is 13.2 Å². The minimum Gasteiger partial charge on any atom is -0.462 e. The van der Waals surface area contributed by atoms with Gasteiger partial charge in [-0.2, -0.15) is 0 Å². The molecule has 0 fully saturated rings. The fourth-order valence-corrected chi connectivity index (χ4v) is 3.94. The molecule has 0 saturated heterocycles. The second kappa shape index (κ2) is 31.1. The first-order valence-corrected chi connectivity index (χ1v) is 15.8. The Balaban J connectivity index is 3.75. The Kier molecular flexibility index (Phi) is 29.3. The maximum Gasteiger partial charge on any atom is 0.306 e. The van der Waals surface area contributed by atoms with Gasteiger partial charge in [0.2, 0.25) is 0 Å². The van der Waals surface area contributed by atoms with Gasteiger partial charge in [0, 0.05) is 12.8 Å². The lowest BCUT2D eigenvalue weighted by molar-refractivity contribution is -0.161. The number of rotatable bonds is 27. The number of hydrogen-bond donors (Lipinski definition) is 1. The predicted octanol–water partition coefficient (Wildman–Crippen LogP) is 9.28. The quantitative estimate of drug-likeness (QED) is 0.0618. The van der Waals surface area contributed by atoms with Gasteiger partial charge in [-0.25, -0.2) is 0 Å². The highest BCUT2D eigenvalue weighted by Gasteiger charge is 2.15. The molecule has 0 amide bonds. The minimum absolute atomic E-state index is 0.0900. The first-order valence-electron chi connectivity index (χ1n) is 15.8. The fraction of sp³-hybridized carbons (Fsp3) is 0.657. The van der Waals surface area contributed by atoms with Crippen LogP contribution < -0.4 is 0 Å². The molecule has 0 aromatic heterocycles. The van der Waals surface area contributed by atoms with Gasteiger partial charge in [-0.3, -0.25) is 9.59 Å². The van der Waals surface area contributed by atoms with Gasteiger partial charge in [0.1, 0.15) is 6.61 Å². The van der Waals surface area contributed by atoms with Crippen LogP contribution in [0.3, 0.4) is 0 Å². The molecule has 5 nitrogen and oxygen atoms in total. The molecule has 0 spiro atoms. The van der Waals surface area contributed by atoms with E-state index in [2.05, 4.69) is 74.6 Å². The zero-order valence-corrected chi connectivity index (χ0v) is 25.6. The molecular formula is C35H58O5. The van der Waals surface area contributed by atoms with E-state index in [0.29, 0.717) is 12.8 Å². The van der Waals surface area contributed by atoms with Gasteiger partial charge in [-0.15, -0.1) is 0 Å². The highest BCUT2D eigenvalue weighted by Crippen LogP contribution is 2.11. The fourth-order valence-electron chi connectivity index (χ4n) is 3.94. The van der Waals surface area contributed by atoms with Gasteiger partial charge >= 0.3 is 11.9 Å². The molecular weight excluding hydrogens is 500 g/mol. The summed E-state index contributed by atoms with van der Waals surface area (Å²) in [5.41, 5.74) is 0. The molecule has 0 bridgehead atoms. The van der Waals surface area contributed by atoms with Crippen LogP contribution in [-0.2, 0) is 19.1 Å². The lowest BCUT2D eigenvalue weighted by Crippen LogP contribution is -2.28. The van der Waals surface area contributed by atoms with Crippen molar-refractivity contribution in [3.05, 3.63) is 60.8 Å². The number of unbranched alkanes of at least 4 members (excludes halogenated alkanes) is 9. The molecule has 0 heterocycles. The van der Waals surface area contributed by atoms with E-state index in [1.54, 1.807) is 0 Å². The number of ether oxygens (including phenoxy) is 2. The second-order valence-electron chi connectivity index (χ2n) is 10.2. The highest BCUT2D eigenvalue weighted by molar-refractivity contribution is 5.70. The third kappa shape index (κ3) is 28.6. The third-order valence-electron chi connectivity index (χ3n) is 6.33. The molecule has 40 heavy (non-hydrogen) atoms. The van der Waals surface area contributed by atoms with Crippen LogP contribution in [0.25, 0.3) is 0 Å². The number of carbonyl (C=O) groups is 2. The summed E-state index contributed by atoms with van der Waals surface area (Å²) in [6.45, 7) is 3.92. The van der Waals surface area contributed by atoms with Crippen molar-refractivity contribution in [1.82, 2.24) is 0 Å². The Morgan fingerprint density at radius 2 is 1.07 bits per heavy atom. The van der Waals surface area contributed by atoms with Gasteiger partial charge in [0.15, 0.2) is 6.10 Å². The molecule has 1 atom stereocenters. The van der Waals surface area contributed by atoms with Crippen LogP contribution in [0.4, 0.5) is 0 Å². The average Bonchev–Trinajstić information content (AvgIpc) is 2.96. The normalized spacial score (nSPS) is 13.0. The van der Waals surface area contributed by atoms with Gasteiger partial charge in [0.05, 0.1) is 6.61 Å². The maximum atomic E-state index is 12.1. The van der Waals surface area contributed by atoms with E-state index >= 15 is 0 Å². The van der Waals surface area contributed by atoms with E-state index in [9.17, 15) is 14.7 Å². The van der Waals surface area contributed by atoms with E-state index in [0.717, 1.165) is 57.8 Å². The van der Waals surface area contributed by atoms with Crippen molar-refractivity contribution < 1.29 is 24.2 Å². The summed E-state index contributed by atoms with van der Waals surface area (Å²) in [6, 6.07) is 0. The van der Waals surface area contributed by atoms with E-state index in [4.69, 9.17) is 9.47 Å². The van der Waals surface area contributed by atoms with Crippen LogP contribution in [0, 0.1) is 0 Å². The van der Waals surface area contributed by atoms with Crippen molar-refractivity contribution in [3.63, 3.8) is 0 Å². The SMILES string of the molecule is CC/C=C/C/C=C/C/C=C/C/C=C/C/C=C/CCCC(=O)O[C@@H](CO)COC(=O)CCCCCCCCCCC. The van der Waals surface area contributed by atoms with Crippen LogP contribution >= 0.6 is 0 Å². The van der Waals surface area contributed by atoms with Gasteiger partial charge in [0.25, 0.3) is 0 Å². The molecule has 0 aliphatic carbocycles. The predicted molar refractivity (Wildman–Crippen MR) is 168 cm³/mol. The standard InChI is InChI=1S/C35H58O5/c1-3-5-7-9-11-13-14-15-16-17-18-19-20-22-24-26-28-30-35(38)40-33(31-36)32-39-34(37)29-27-25-23-21-12-10-8-6-4-2/h5,7,11,13,15-16,18-19,22,24,33,36H,3-4,6,8-10,12,14,17,20-21,23,25-32H2,1-2H3/b7-5+,13-11+,16-15+,19-18+,24-22+/t33-/m0/s1. The largest absolute Gasteiger partial charge is 0.462 e. The van der Waals surface area contributed by atoms with Crippen molar-refractivity contribution in [1.29, 1.82) is 0 Å². The van der Waals surface area contributed by atoms with E-state index in [1.807, 2.05) is 0 Å². The van der Waals surface area contributed by atoms with Gasteiger partial charge < -0.3 is 14.6 Å². The van der Waals surface area contributed by atoms with Crippen LogP contribution in [0.15, 0.2) is 60.8 Å². The zero-order chi connectivity index (χ0) is 29.4. The number of esters is 2. The minimum atomic E-state index is -0.798. The van der Waals surface area contributed by atoms with Gasteiger partial charge in [-0.05, 0) is 51.4 Å². The van der Waals surface area contributed by atoms with Crippen LogP contribution in [0.1, 0.15) is 129 Å². The monoisotopic (exact) mass is 558 g/mol. The van der Waals surface area contributed by atoms with Crippen LogP contribution in [0.2, 0.25) is 0 Å². The molecule has 0 aromatic carbocycles. The molecule has 0 aromatic rings. The number of aliphatic hydroxyl groups is 1. The summed E-state index contributed by atoms with van der Waals surface area (Å²) < 4.78 is 10.5. The lowest BCUT2D eigenvalue weighted by Gasteiger charge is -2.15. The summed E-state index contributed by atoms with van der Waals surface area (Å²) in [6.07, 6.45) is 38.5. The number of allylic oxidation sites excluding steroid dienone is 10. The molecule has 0 aliphatic rings. The number of aliphatic hydroxyl groups excluding tert-OH is 1. The van der Waals surface area contributed by atoms with Crippen LogP contribution in [-0.4, -0.2) is 36.4 Å². The summed E-state index contributed by atoms with van der Waals surface area (Å²) in [5.74, 6) is -0.669. The average molecular weight is 559 g/mol. The smallest absolute Gasteiger partial charge is 0.306 e. The third-order valence-corrected chi connectivity index (χ3v) is 6.33. The van der Waals surface area contributed by atoms with Gasteiger partial charge in [-0.1, -0.05) is 126 Å². The lowest BCUT2D eigenvalue weighted by atomic mass is 10.1. The Morgan fingerprint density at radius 1 is 0.600 bits per heavy atom. The summed E-state index contributed by atoms with van der Waals surface area (Å²) in [5, 5.41) is 9.46. The van der Waals surface area contributed by atoms with Crippen molar-refractivity contribution >= 4 is 11.9 Å². The Hall–Kier alpha value is -2.40. The molecule has 0 aliphatic heterocycles. The van der Waals surface area contributed by atoms with Crippen LogP contribution in [0.5, 0.6) is 0 Å². The van der Waals surface area contributed by atoms with Crippen molar-refractivity contribution in [2.45, 2.75) is 136 Å². The maximum absolute atomic E-state index is 12.1. The molecule has 0 saturated carbocycles. The second-order valence-corrected chi connectivity index (χ2v) is 10.2. The zero-order valence-electron chi connectivity index (χ0n) is 25.6. The Morgan fingerprint density at radius 3 is 1.60 bits per heavy atom. The van der Waals surface area contributed by atoms with Crippen molar-refractivity contribution in [3.8, 4) is 0 Å². The Labute approximate surface area is 245 Å².